The first-order valence-corrected chi connectivity index (χ1v) is 10.7. The van der Waals surface area contributed by atoms with E-state index < -0.39 is 0 Å². The van der Waals surface area contributed by atoms with Crippen LogP contribution >= 0.6 is 11.3 Å². The van der Waals surface area contributed by atoms with Gasteiger partial charge in [0.2, 0.25) is 0 Å². The average molecular weight is 394 g/mol. The van der Waals surface area contributed by atoms with Gasteiger partial charge in [-0.25, -0.2) is 14.5 Å². The molecule has 0 radical (unpaired) electrons. The third kappa shape index (κ3) is 3.05. The maximum absolute atomic E-state index is 4.96. The molecule has 0 spiro atoms. The molecule has 5 nitrogen and oxygen atoms in total. The Morgan fingerprint density at radius 1 is 1.11 bits per heavy atom. The van der Waals surface area contributed by atoms with Crippen LogP contribution in [0, 0.1) is 20.8 Å². The Hall–Kier alpha value is -2.47. The molecule has 0 atom stereocenters. The Morgan fingerprint density at radius 3 is 2.50 bits per heavy atom. The number of hydrogen-bond acceptors (Lipinski definition) is 4. The van der Waals surface area contributed by atoms with Crippen molar-refractivity contribution in [1.82, 2.24) is 24.1 Å². The SMILES string of the molecule is CCC(CC)c1cc(C)nn2c(-c3sc(-c4cn(C)cn4)cc3C)c(C)nc12. The molecule has 0 aliphatic heterocycles. The van der Waals surface area contributed by atoms with E-state index in [1.54, 1.807) is 11.3 Å². The van der Waals surface area contributed by atoms with E-state index in [-0.39, 0.29) is 0 Å². The van der Waals surface area contributed by atoms with Gasteiger partial charge in [-0.15, -0.1) is 11.3 Å². The van der Waals surface area contributed by atoms with Crippen LogP contribution in [0.5, 0.6) is 0 Å². The molecule has 0 aliphatic rings. The lowest BCUT2D eigenvalue weighted by molar-refractivity contribution is 0.638. The van der Waals surface area contributed by atoms with Crippen molar-refractivity contribution in [3.05, 3.63) is 47.2 Å². The summed E-state index contributed by atoms with van der Waals surface area (Å²) in [7, 11) is 2.00. The molecule has 4 aromatic rings. The van der Waals surface area contributed by atoms with E-state index in [1.165, 1.54) is 20.9 Å². The van der Waals surface area contributed by atoms with Gasteiger partial charge in [0.25, 0.3) is 0 Å². The second-order valence-corrected chi connectivity index (χ2v) is 8.64. The van der Waals surface area contributed by atoms with Crippen molar-refractivity contribution < 1.29 is 0 Å². The van der Waals surface area contributed by atoms with Gasteiger partial charge in [-0.3, -0.25) is 0 Å². The summed E-state index contributed by atoms with van der Waals surface area (Å²) in [6.07, 6.45) is 6.12. The monoisotopic (exact) mass is 393 g/mol. The summed E-state index contributed by atoms with van der Waals surface area (Å²) in [4.78, 5) is 11.9. The fourth-order valence-corrected chi connectivity index (χ4v) is 5.17. The van der Waals surface area contributed by atoms with Crippen molar-refractivity contribution in [2.75, 3.05) is 0 Å². The quantitative estimate of drug-likeness (QED) is 0.438. The summed E-state index contributed by atoms with van der Waals surface area (Å²) in [5.41, 5.74) is 7.73. The highest BCUT2D eigenvalue weighted by molar-refractivity contribution is 7.19. The Kier molecular flexibility index (Phi) is 4.83. The molecule has 4 rings (SSSR count). The maximum Gasteiger partial charge on any atom is 0.158 e. The molecular formula is C22H27N5S. The van der Waals surface area contributed by atoms with Crippen molar-refractivity contribution in [1.29, 1.82) is 0 Å². The van der Waals surface area contributed by atoms with Crippen LogP contribution in [0.4, 0.5) is 0 Å². The number of nitrogens with zero attached hydrogens (tertiary/aromatic N) is 5. The number of aromatic nitrogens is 5. The Labute approximate surface area is 170 Å². The molecular weight excluding hydrogens is 366 g/mol. The number of rotatable bonds is 5. The normalized spacial score (nSPS) is 11.8. The lowest BCUT2D eigenvalue weighted by atomic mass is 9.95. The van der Waals surface area contributed by atoms with Crippen LogP contribution in [0.2, 0.25) is 0 Å². The number of fused-ring (bicyclic) bond motifs is 1. The van der Waals surface area contributed by atoms with Crippen LogP contribution in [0.25, 0.3) is 26.8 Å². The average Bonchev–Trinajstić information content (AvgIpc) is 3.33. The zero-order valence-electron chi connectivity index (χ0n) is 17.4. The van der Waals surface area contributed by atoms with Gasteiger partial charge in [-0.1, -0.05) is 13.8 Å². The topological polar surface area (TPSA) is 48.0 Å². The number of thiophene rings is 1. The molecule has 0 fully saturated rings. The molecule has 0 aliphatic carbocycles. The van der Waals surface area contributed by atoms with Gasteiger partial charge in [0.1, 0.15) is 5.69 Å². The largest absolute Gasteiger partial charge is 0.340 e. The van der Waals surface area contributed by atoms with Crippen molar-refractivity contribution in [2.45, 2.75) is 53.4 Å². The minimum absolute atomic E-state index is 0.507. The highest BCUT2D eigenvalue weighted by Gasteiger charge is 2.22. The van der Waals surface area contributed by atoms with E-state index in [0.717, 1.165) is 41.3 Å². The van der Waals surface area contributed by atoms with E-state index in [0.29, 0.717) is 5.92 Å². The van der Waals surface area contributed by atoms with Crippen LogP contribution in [-0.4, -0.2) is 24.1 Å². The Morgan fingerprint density at radius 2 is 1.86 bits per heavy atom. The van der Waals surface area contributed by atoms with Crippen LogP contribution in [0.3, 0.4) is 0 Å². The first kappa shape index (κ1) is 18.9. The summed E-state index contributed by atoms with van der Waals surface area (Å²) in [6.45, 7) is 10.8. The second kappa shape index (κ2) is 7.17. The molecule has 0 unspecified atom stereocenters. The minimum atomic E-state index is 0.507. The molecule has 0 bridgehead atoms. The Bertz CT molecular complexity index is 1140. The predicted octanol–water partition coefficient (Wildman–Crippen LogP) is 5.69. The smallest absolute Gasteiger partial charge is 0.158 e. The summed E-state index contributed by atoms with van der Waals surface area (Å²) in [6, 6.07) is 4.43. The standard InChI is InChI=1S/C22H27N5S/c1-7-16(8-2)17-10-14(4)25-27-20(15(5)24-22(17)27)21-13(3)9-19(28-21)18-11-26(6)12-23-18/h9-12,16H,7-8H2,1-6H3. The lowest BCUT2D eigenvalue weighted by Gasteiger charge is -2.14. The van der Waals surface area contributed by atoms with Gasteiger partial charge in [0, 0.05) is 18.8 Å². The highest BCUT2D eigenvalue weighted by Crippen LogP contribution is 2.39. The van der Waals surface area contributed by atoms with Crippen LogP contribution in [-0.2, 0) is 7.05 Å². The summed E-state index contributed by atoms with van der Waals surface area (Å²) < 4.78 is 4.05. The van der Waals surface area contributed by atoms with Crippen molar-refractivity contribution in [2.24, 2.45) is 7.05 Å². The number of aryl methyl sites for hydroxylation is 4. The molecule has 0 amide bonds. The minimum Gasteiger partial charge on any atom is -0.340 e. The van der Waals surface area contributed by atoms with E-state index in [2.05, 4.69) is 62.4 Å². The lowest BCUT2D eigenvalue weighted by Crippen LogP contribution is -2.05. The van der Waals surface area contributed by atoms with Gasteiger partial charge in [0.15, 0.2) is 5.65 Å². The molecule has 4 aromatic heterocycles. The summed E-state index contributed by atoms with van der Waals surface area (Å²) >= 11 is 1.77. The van der Waals surface area contributed by atoms with Crippen LogP contribution in [0.15, 0.2) is 24.7 Å². The molecule has 6 heteroatoms. The summed E-state index contributed by atoms with van der Waals surface area (Å²) in [5, 5.41) is 4.85. The van der Waals surface area contributed by atoms with Crippen molar-refractivity contribution in [3.63, 3.8) is 0 Å². The van der Waals surface area contributed by atoms with E-state index in [9.17, 15) is 0 Å². The van der Waals surface area contributed by atoms with Gasteiger partial charge < -0.3 is 4.57 Å². The van der Waals surface area contributed by atoms with Gasteiger partial charge in [-0.05, 0) is 57.2 Å². The van der Waals surface area contributed by atoms with E-state index in [4.69, 9.17) is 10.1 Å². The highest BCUT2D eigenvalue weighted by atomic mass is 32.1. The molecule has 146 valence electrons. The van der Waals surface area contributed by atoms with E-state index >= 15 is 0 Å². The van der Waals surface area contributed by atoms with Crippen LogP contribution < -0.4 is 0 Å². The third-order valence-electron chi connectivity index (χ3n) is 5.42. The molecule has 0 N–H and O–H groups in total. The zero-order chi connectivity index (χ0) is 20.0. The molecule has 28 heavy (non-hydrogen) atoms. The van der Waals surface area contributed by atoms with Crippen LogP contribution in [0.1, 0.15) is 55.1 Å². The molecule has 0 saturated heterocycles. The Balaban J connectivity index is 1.93. The zero-order valence-corrected chi connectivity index (χ0v) is 18.3. The fraction of sp³-hybridized carbons (Fsp3) is 0.409. The van der Waals surface area contributed by atoms with Crippen molar-refractivity contribution >= 4 is 17.0 Å². The third-order valence-corrected chi connectivity index (χ3v) is 6.69. The molecule has 0 saturated carbocycles. The number of hydrogen-bond donors (Lipinski definition) is 0. The maximum atomic E-state index is 4.96. The first-order valence-electron chi connectivity index (χ1n) is 9.88. The number of imidazole rings is 2. The van der Waals surface area contributed by atoms with Crippen molar-refractivity contribution in [3.8, 4) is 21.1 Å². The summed E-state index contributed by atoms with van der Waals surface area (Å²) in [5.74, 6) is 0.507. The molecule has 4 heterocycles. The van der Waals surface area contributed by atoms with Gasteiger partial charge >= 0.3 is 0 Å². The predicted molar refractivity (Wildman–Crippen MR) is 116 cm³/mol. The fourth-order valence-electron chi connectivity index (χ4n) is 3.95. The second-order valence-electron chi connectivity index (χ2n) is 7.58. The molecule has 0 aromatic carbocycles. The van der Waals surface area contributed by atoms with E-state index in [1.807, 2.05) is 17.9 Å². The van der Waals surface area contributed by atoms with Gasteiger partial charge in [-0.2, -0.15) is 5.10 Å². The van der Waals surface area contributed by atoms with Gasteiger partial charge in [0.05, 0.1) is 33.2 Å². The first-order chi connectivity index (χ1) is 13.4.